The van der Waals surface area contributed by atoms with Gasteiger partial charge in [0, 0.05) is 32.7 Å². The standard InChI is InChI=1S/C18H34N4O15P2/c23-13(19-3-1-2-18(38(32,33)34)39(35,36)37)8-21(10-15(26)27)6-4-20(9-14(24)25)5-7-22(11-16(28)29)12-17(30)31/h18H,1-12H2,(H,19,23)(H,24,25)(H,26,27)(H,28,29)(H,30,31)(H2,32,33,34)(H2,35,36,37). The van der Waals surface area contributed by atoms with Gasteiger partial charge in [-0.1, -0.05) is 0 Å². The van der Waals surface area contributed by atoms with Crippen molar-refractivity contribution in [3.63, 3.8) is 0 Å². The molecule has 9 N–H and O–H groups in total. The van der Waals surface area contributed by atoms with E-state index in [9.17, 15) is 33.1 Å². The summed E-state index contributed by atoms with van der Waals surface area (Å²) in [7, 11) is -10.2. The van der Waals surface area contributed by atoms with Crippen molar-refractivity contribution < 1.29 is 73.1 Å². The van der Waals surface area contributed by atoms with Crippen molar-refractivity contribution in [2.45, 2.75) is 18.2 Å². The fourth-order valence-corrected chi connectivity index (χ4v) is 5.94. The average molecular weight is 608 g/mol. The number of carbonyl (C=O) groups excluding carboxylic acids is 1. The first-order chi connectivity index (χ1) is 17.8. The maximum absolute atomic E-state index is 12.2. The molecule has 0 aliphatic rings. The molecular weight excluding hydrogens is 574 g/mol. The predicted molar refractivity (Wildman–Crippen MR) is 130 cm³/mol. The van der Waals surface area contributed by atoms with Gasteiger partial charge in [0.05, 0.1) is 32.7 Å². The van der Waals surface area contributed by atoms with Crippen LogP contribution in [0.15, 0.2) is 0 Å². The number of carboxylic acids is 4. The summed E-state index contributed by atoms with van der Waals surface area (Å²) < 4.78 is 22.6. The Kier molecular flexibility index (Phi) is 16.2. The number of amides is 1. The Labute approximate surface area is 222 Å². The summed E-state index contributed by atoms with van der Waals surface area (Å²) in [6, 6.07) is 0. The molecule has 0 spiro atoms. The van der Waals surface area contributed by atoms with Crippen LogP contribution in [0.1, 0.15) is 12.8 Å². The second kappa shape index (κ2) is 17.3. The van der Waals surface area contributed by atoms with Gasteiger partial charge in [0.25, 0.3) is 0 Å². The van der Waals surface area contributed by atoms with E-state index in [1.165, 1.54) is 4.90 Å². The highest BCUT2D eigenvalue weighted by Crippen LogP contribution is 2.61. The number of carbonyl (C=O) groups is 5. The minimum atomic E-state index is -5.11. The van der Waals surface area contributed by atoms with Gasteiger partial charge < -0.3 is 45.3 Å². The summed E-state index contributed by atoms with van der Waals surface area (Å²) in [6.45, 7) is -3.55. The number of hydrogen-bond donors (Lipinski definition) is 9. The van der Waals surface area contributed by atoms with Gasteiger partial charge in [-0.25, -0.2) is 0 Å². The maximum Gasteiger partial charge on any atom is 0.340 e. The second-order valence-electron chi connectivity index (χ2n) is 8.42. The van der Waals surface area contributed by atoms with Crippen LogP contribution in [0.5, 0.6) is 0 Å². The fourth-order valence-electron chi connectivity index (χ4n) is 3.33. The zero-order chi connectivity index (χ0) is 30.4. The van der Waals surface area contributed by atoms with Crippen molar-refractivity contribution in [1.29, 1.82) is 0 Å². The Balaban J connectivity index is 5.05. The Hall–Kier alpha value is -2.47. The highest BCUT2D eigenvalue weighted by molar-refractivity contribution is 7.70. The van der Waals surface area contributed by atoms with Gasteiger partial charge in [-0.2, -0.15) is 0 Å². The van der Waals surface area contributed by atoms with Gasteiger partial charge in [-0.05, 0) is 12.8 Å². The Morgan fingerprint density at radius 2 is 0.923 bits per heavy atom. The zero-order valence-electron chi connectivity index (χ0n) is 20.7. The molecule has 0 saturated heterocycles. The summed E-state index contributed by atoms with van der Waals surface area (Å²) >= 11 is 0. The molecule has 0 aromatic heterocycles. The monoisotopic (exact) mass is 608 g/mol. The Morgan fingerprint density at radius 3 is 1.28 bits per heavy atom. The van der Waals surface area contributed by atoms with E-state index in [0.29, 0.717) is 0 Å². The average Bonchev–Trinajstić information content (AvgIpc) is 2.71. The Bertz CT molecular complexity index is 915. The van der Waals surface area contributed by atoms with E-state index in [2.05, 4.69) is 5.32 Å². The van der Waals surface area contributed by atoms with Crippen molar-refractivity contribution >= 4 is 45.0 Å². The van der Waals surface area contributed by atoms with E-state index in [4.69, 9.17) is 40.0 Å². The van der Waals surface area contributed by atoms with Crippen LogP contribution in [0.4, 0.5) is 0 Å². The lowest BCUT2D eigenvalue weighted by Crippen LogP contribution is -2.46. The molecule has 0 fully saturated rings. The lowest BCUT2D eigenvalue weighted by Gasteiger charge is -2.27. The number of nitrogens with one attached hydrogen (secondary N) is 1. The maximum atomic E-state index is 12.2. The van der Waals surface area contributed by atoms with Crippen molar-refractivity contribution in [2.24, 2.45) is 0 Å². The van der Waals surface area contributed by atoms with E-state index >= 15 is 0 Å². The highest BCUT2D eigenvalue weighted by Gasteiger charge is 2.42. The number of hydrogen-bond acceptors (Lipinski definition) is 10. The SMILES string of the molecule is O=C(O)CN(CCN(CC(=O)O)CC(=O)O)CCN(CC(=O)O)CC(=O)NCCCC(P(=O)(O)O)P(=O)(O)O. The molecule has 0 aromatic carbocycles. The number of rotatable bonds is 22. The topological polar surface area (TPSA) is 303 Å². The van der Waals surface area contributed by atoms with Crippen molar-refractivity contribution in [3.05, 3.63) is 0 Å². The van der Waals surface area contributed by atoms with Crippen LogP contribution in [0.25, 0.3) is 0 Å². The van der Waals surface area contributed by atoms with Crippen LogP contribution in [0.2, 0.25) is 0 Å². The third-order valence-corrected chi connectivity index (χ3v) is 8.88. The molecule has 39 heavy (non-hydrogen) atoms. The minimum Gasteiger partial charge on any atom is -0.480 e. The minimum absolute atomic E-state index is 0.0831. The third kappa shape index (κ3) is 18.4. The van der Waals surface area contributed by atoms with Gasteiger partial charge in [0.2, 0.25) is 5.91 Å². The molecule has 0 unspecified atom stereocenters. The lowest BCUT2D eigenvalue weighted by molar-refractivity contribution is -0.143. The molecular formula is C18H34N4O15P2. The van der Waals surface area contributed by atoms with Crippen LogP contribution in [-0.2, 0) is 33.1 Å². The Morgan fingerprint density at radius 1 is 0.590 bits per heavy atom. The quantitative estimate of drug-likeness (QED) is 0.0432. The molecule has 0 rings (SSSR count). The van der Waals surface area contributed by atoms with E-state index in [-0.39, 0.29) is 39.1 Å². The van der Waals surface area contributed by atoms with E-state index in [1.54, 1.807) is 0 Å². The molecule has 21 heteroatoms. The van der Waals surface area contributed by atoms with Crippen molar-refractivity contribution in [2.75, 3.05) is 65.4 Å². The normalized spacial score (nSPS) is 12.3. The van der Waals surface area contributed by atoms with Gasteiger partial charge in [-0.15, -0.1) is 0 Å². The first kappa shape index (κ1) is 36.5. The van der Waals surface area contributed by atoms with Gasteiger partial charge in [-0.3, -0.25) is 47.8 Å². The predicted octanol–water partition coefficient (Wildman–Crippen LogP) is -3.19. The van der Waals surface area contributed by atoms with Crippen molar-refractivity contribution in [1.82, 2.24) is 20.0 Å². The van der Waals surface area contributed by atoms with Gasteiger partial charge >= 0.3 is 39.1 Å². The number of aliphatic carboxylic acids is 4. The van der Waals surface area contributed by atoms with E-state index in [1.807, 2.05) is 0 Å². The smallest absolute Gasteiger partial charge is 0.340 e. The molecule has 0 radical (unpaired) electrons. The van der Waals surface area contributed by atoms with Crippen molar-refractivity contribution in [3.8, 4) is 0 Å². The largest absolute Gasteiger partial charge is 0.480 e. The molecule has 226 valence electrons. The first-order valence-corrected chi connectivity index (χ1v) is 14.6. The van der Waals surface area contributed by atoms with E-state index < -0.39 is 89.5 Å². The van der Waals surface area contributed by atoms with Crippen LogP contribution in [-0.4, -0.2) is 155 Å². The van der Waals surface area contributed by atoms with Crippen LogP contribution < -0.4 is 5.32 Å². The molecule has 0 bridgehead atoms. The van der Waals surface area contributed by atoms with E-state index in [0.717, 1.165) is 9.80 Å². The molecule has 19 nitrogen and oxygen atoms in total. The second-order valence-corrected chi connectivity index (χ2v) is 12.4. The summed E-state index contributed by atoms with van der Waals surface area (Å²) in [5.74, 6) is -5.88. The first-order valence-electron chi connectivity index (χ1n) is 11.2. The summed E-state index contributed by atoms with van der Waals surface area (Å²) in [6.07, 6.45) is -0.806. The van der Waals surface area contributed by atoms with Gasteiger partial charge in [0.15, 0.2) is 5.40 Å². The molecule has 0 aliphatic heterocycles. The lowest BCUT2D eigenvalue weighted by atomic mass is 10.3. The fraction of sp³-hybridized carbons (Fsp3) is 0.722. The molecule has 0 atom stereocenters. The van der Waals surface area contributed by atoms with Gasteiger partial charge in [0.1, 0.15) is 0 Å². The molecule has 0 aliphatic carbocycles. The zero-order valence-corrected chi connectivity index (χ0v) is 22.5. The summed E-state index contributed by atoms with van der Waals surface area (Å²) in [4.78, 5) is 96.5. The van der Waals surface area contributed by atoms with Crippen LogP contribution in [0, 0.1) is 0 Å². The van der Waals surface area contributed by atoms with Crippen LogP contribution in [0.3, 0.4) is 0 Å². The van der Waals surface area contributed by atoms with Crippen LogP contribution >= 0.6 is 15.2 Å². The summed E-state index contributed by atoms with van der Waals surface area (Å²) in [5, 5.41) is 36.2. The third-order valence-electron chi connectivity index (χ3n) is 5.01. The number of nitrogens with zero attached hydrogens (tertiary/aromatic N) is 3. The molecule has 1 amide bonds. The highest BCUT2D eigenvalue weighted by atomic mass is 31.2. The molecule has 0 aromatic rings. The number of carboxylic acid groups (broad SMARTS) is 4. The summed E-state index contributed by atoms with van der Waals surface area (Å²) in [5.41, 5.74) is 0. The molecule has 0 saturated carbocycles. The molecule has 0 heterocycles.